The Bertz CT molecular complexity index is 643. The minimum absolute atomic E-state index is 0.0465. The number of anilines is 1. The number of benzene rings is 1. The molecule has 0 radical (unpaired) electrons. The molecule has 0 saturated carbocycles. The van der Waals surface area contributed by atoms with Gasteiger partial charge in [0.1, 0.15) is 11.8 Å². The Balaban J connectivity index is 1.77. The van der Waals surface area contributed by atoms with E-state index in [1.54, 1.807) is 28.8 Å². The number of nitrogens with zero attached hydrogens (tertiary/aromatic N) is 1. The van der Waals surface area contributed by atoms with Crippen LogP contribution in [-0.4, -0.2) is 40.0 Å². The van der Waals surface area contributed by atoms with Gasteiger partial charge in [-0.1, -0.05) is 12.1 Å². The van der Waals surface area contributed by atoms with Crippen molar-refractivity contribution >= 4 is 29.3 Å². The van der Waals surface area contributed by atoms with Gasteiger partial charge in [0.25, 0.3) is 0 Å². The second kappa shape index (κ2) is 5.99. The molecule has 2 amide bonds. The van der Waals surface area contributed by atoms with E-state index in [1.165, 1.54) is 12.1 Å². The molecule has 0 spiro atoms. The number of thioether (sulfide) groups is 1. The second-order valence-corrected chi connectivity index (χ2v) is 7.13. The number of para-hydroxylation sites is 2. The molecule has 3 rings (SSSR count). The van der Waals surface area contributed by atoms with Crippen molar-refractivity contribution in [1.82, 2.24) is 4.90 Å². The third-order valence-corrected chi connectivity index (χ3v) is 5.61. The molecular weight excluding hydrogens is 326 g/mol. The van der Waals surface area contributed by atoms with Crippen LogP contribution in [0, 0.1) is 0 Å². The number of ether oxygens (including phenoxy) is 1. The SMILES string of the molecule is C[C@]12CCC(=O)N1[C@H](C(=O)Nc1ccccc1OC(F)F)CS2. The lowest BCUT2D eigenvalue weighted by Gasteiger charge is -2.30. The molecule has 2 atom stereocenters. The first kappa shape index (κ1) is 16.0. The molecule has 8 heteroatoms. The van der Waals surface area contributed by atoms with Crippen LogP contribution >= 0.6 is 11.8 Å². The van der Waals surface area contributed by atoms with Crippen molar-refractivity contribution in [2.24, 2.45) is 0 Å². The predicted molar refractivity (Wildman–Crippen MR) is 82.4 cm³/mol. The van der Waals surface area contributed by atoms with Crippen LogP contribution in [0.5, 0.6) is 5.75 Å². The summed E-state index contributed by atoms with van der Waals surface area (Å²) in [7, 11) is 0. The van der Waals surface area contributed by atoms with Gasteiger partial charge in [0.15, 0.2) is 0 Å². The van der Waals surface area contributed by atoms with Crippen molar-refractivity contribution in [3.05, 3.63) is 24.3 Å². The third kappa shape index (κ3) is 2.99. The van der Waals surface area contributed by atoms with Crippen molar-refractivity contribution in [3.63, 3.8) is 0 Å². The van der Waals surface area contributed by atoms with Crippen LogP contribution in [0.1, 0.15) is 19.8 Å². The van der Waals surface area contributed by atoms with Crippen molar-refractivity contribution in [2.75, 3.05) is 11.1 Å². The van der Waals surface area contributed by atoms with E-state index in [9.17, 15) is 18.4 Å². The largest absolute Gasteiger partial charge is 0.433 e. The van der Waals surface area contributed by atoms with Gasteiger partial charge in [0.05, 0.1) is 10.6 Å². The van der Waals surface area contributed by atoms with Crippen LogP contribution in [0.3, 0.4) is 0 Å². The average molecular weight is 342 g/mol. The van der Waals surface area contributed by atoms with Gasteiger partial charge in [-0.05, 0) is 25.5 Å². The number of nitrogens with one attached hydrogen (secondary N) is 1. The highest BCUT2D eigenvalue weighted by molar-refractivity contribution is 8.01. The van der Waals surface area contributed by atoms with E-state index in [1.807, 2.05) is 6.92 Å². The molecular formula is C15H16F2N2O3S. The van der Waals surface area contributed by atoms with Gasteiger partial charge < -0.3 is 15.0 Å². The fraction of sp³-hybridized carbons (Fsp3) is 0.467. The molecule has 5 nitrogen and oxygen atoms in total. The normalized spacial score (nSPS) is 26.5. The van der Waals surface area contributed by atoms with E-state index in [0.717, 1.165) is 0 Å². The lowest BCUT2D eigenvalue weighted by Crippen LogP contribution is -2.48. The van der Waals surface area contributed by atoms with Crippen molar-refractivity contribution in [1.29, 1.82) is 0 Å². The number of carbonyl (C=O) groups is 2. The van der Waals surface area contributed by atoms with E-state index < -0.39 is 12.7 Å². The van der Waals surface area contributed by atoms with E-state index in [2.05, 4.69) is 10.1 Å². The molecule has 2 heterocycles. The van der Waals surface area contributed by atoms with Crippen molar-refractivity contribution < 1.29 is 23.1 Å². The Morgan fingerprint density at radius 1 is 1.48 bits per heavy atom. The molecule has 2 fully saturated rings. The molecule has 0 aromatic heterocycles. The molecule has 2 saturated heterocycles. The Hall–Kier alpha value is -1.83. The first-order valence-corrected chi connectivity index (χ1v) is 8.20. The topological polar surface area (TPSA) is 58.6 Å². The highest BCUT2D eigenvalue weighted by atomic mass is 32.2. The summed E-state index contributed by atoms with van der Waals surface area (Å²) in [4.78, 5) is 25.8. The summed E-state index contributed by atoms with van der Waals surface area (Å²) < 4.78 is 29.3. The molecule has 23 heavy (non-hydrogen) atoms. The summed E-state index contributed by atoms with van der Waals surface area (Å²) in [5.74, 6) is -0.0417. The molecule has 0 bridgehead atoms. The minimum Gasteiger partial charge on any atom is -0.433 e. The Morgan fingerprint density at radius 3 is 2.96 bits per heavy atom. The fourth-order valence-electron chi connectivity index (χ4n) is 3.00. The summed E-state index contributed by atoms with van der Waals surface area (Å²) in [6.07, 6.45) is 1.14. The lowest BCUT2D eigenvalue weighted by atomic mass is 10.2. The van der Waals surface area contributed by atoms with Gasteiger partial charge in [-0.2, -0.15) is 8.78 Å². The van der Waals surface area contributed by atoms with Crippen LogP contribution in [0.4, 0.5) is 14.5 Å². The Morgan fingerprint density at radius 2 is 2.22 bits per heavy atom. The maximum absolute atomic E-state index is 12.5. The number of rotatable bonds is 4. The monoisotopic (exact) mass is 342 g/mol. The van der Waals surface area contributed by atoms with E-state index in [-0.39, 0.29) is 28.1 Å². The van der Waals surface area contributed by atoms with Crippen LogP contribution in [0.2, 0.25) is 0 Å². The molecule has 124 valence electrons. The molecule has 2 aliphatic rings. The third-order valence-electron chi connectivity index (χ3n) is 4.11. The molecule has 1 N–H and O–H groups in total. The van der Waals surface area contributed by atoms with E-state index in [4.69, 9.17) is 0 Å². The summed E-state index contributed by atoms with van der Waals surface area (Å²) in [6.45, 7) is -1.03. The van der Waals surface area contributed by atoms with Crippen LogP contribution < -0.4 is 10.1 Å². The highest BCUT2D eigenvalue weighted by Gasteiger charge is 2.52. The van der Waals surface area contributed by atoms with Gasteiger partial charge in [-0.15, -0.1) is 11.8 Å². The van der Waals surface area contributed by atoms with Gasteiger partial charge in [-0.25, -0.2) is 0 Å². The van der Waals surface area contributed by atoms with Crippen LogP contribution in [0.25, 0.3) is 0 Å². The molecule has 1 aromatic carbocycles. The first-order chi connectivity index (χ1) is 10.9. The maximum atomic E-state index is 12.5. The summed E-state index contributed by atoms with van der Waals surface area (Å²) in [6, 6.07) is 5.40. The maximum Gasteiger partial charge on any atom is 0.387 e. The predicted octanol–water partition coefficient (Wildman–Crippen LogP) is 2.68. The first-order valence-electron chi connectivity index (χ1n) is 7.21. The number of amides is 2. The van der Waals surface area contributed by atoms with E-state index >= 15 is 0 Å². The number of fused-ring (bicyclic) bond motifs is 1. The second-order valence-electron chi connectivity index (χ2n) is 5.63. The number of alkyl halides is 2. The zero-order valence-electron chi connectivity index (χ0n) is 12.4. The highest BCUT2D eigenvalue weighted by Crippen LogP contribution is 2.47. The zero-order valence-corrected chi connectivity index (χ0v) is 13.2. The minimum atomic E-state index is -2.97. The van der Waals surface area contributed by atoms with Gasteiger partial charge in [0.2, 0.25) is 11.8 Å². The molecule has 2 aliphatic heterocycles. The quantitative estimate of drug-likeness (QED) is 0.914. The van der Waals surface area contributed by atoms with Crippen LogP contribution in [-0.2, 0) is 9.59 Å². The van der Waals surface area contributed by atoms with Crippen LogP contribution in [0.15, 0.2) is 24.3 Å². The standard InChI is InChI=1S/C15H16F2N2O3S/c1-15-7-6-12(20)19(15)10(8-23-15)13(21)18-9-4-2-3-5-11(9)22-14(16)17/h2-5,10,14H,6-8H2,1H3,(H,18,21)/t10-,15-/m0/s1. The average Bonchev–Trinajstić information content (AvgIpc) is 2.98. The molecule has 0 unspecified atom stereocenters. The smallest absolute Gasteiger partial charge is 0.387 e. The fourth-order valence-corrected chi connectivity index (χ4v) is 4.43. The Kier molecular flexibility index (Phi) is 4.18. The lowest BCUT2D eigenvalue weighted by molar-refractivity contribution is -0.135. The van der Waals surface area contributed by atoms with Crippen molar-refractivity contribution in [2.45, 2.75) is 37.3 Å². The van der Waals surface area contributed by atoms with E-state index in [0.29, 0.717) is 18.6 Å². The summed E-state index contributed by atoms with van der Waals surface area (Å²) in [5, 5.41) is 2.60. The number of hydrogen-bond donors (Lipinski definition) is 1. The summed E-state index contributed by atoms with van der Waals surface area (Å²) >= 11 is 1.57. The van der Waals surface area contributed by atoms with Gasteiger partial charge in [0, 0.05) is 12.2 Å². The zero-order chi connectivity index (χ0) is 16.6. The Labute approximate surface area is 136 Å². The van der Waals surface area contributed by atoms with Gasteiger partial charge in [-0.3, -0.25) is 9.59 Å². The van der Waals surface area contributed by atoms with Crippen molar-refractivity contribution in [3.8, 4) is 5.75 Å². The molecule has 0 aliphatic carbocycles. The summed E-state index contributed by atoms with van der Waals surface area (Å²) in [5.41, 5.74) is 0.169. The molecule has 1 aromatic rings. The number of carbonyl (C=O) groups excluding carboxylic acids is 2. The number of hydrogen-bond acceptors (Lipinski definition) is 4. The number of halogens is 2. The van der Waals surface area contributed by atoms with Gasteiger partial charge >= 0.3 is 6.61 Å².